The topological polar surface area (TPSA) is 40.1 Å². The Morgan fingerprint density at radius 1 is 0.330 bits per heavy atom. The third kappa shape index (κ3) is 9.81. The fraction of sp³-hybridized carbons (Fsp3) is 0.132. The van der Waals surface area contributed by atoms with Crippen molar-refractivity contribution >= 4 is 101 Å². The number of nitriles is 1. The summed E-state index contributed by atoms with van der Waals surface area (Å²) in [7, 11) is 0. The van der Waals surface area contributed by atoms with Crippen LogP contribution in [0.3, 0.4) is 0 Å². The Morgan fingerprint density at radius 2 is 0.814 bits per heavy atom. The van der Waals surface area contributed by atoms with E-state index in [1.807, 2.05) is 24.3 Å². The second-order valence-corrected chi connectivity index (χ2v) is 29.1. The van der Waals surface area contributed by atoms with Gasteiger partial charge < -0.3 is 18.9 Å². The number of rotatable bonds is 8. The van der Waals surface area contributed by atoms with Gasteiger partial charge in [0.25, 0.3) is 6.71 Å². The Hall–Kier alpha value is -11.4. The molecular weight excluding hydrogens is 1170 g/mol. The fourth-order valence-corrected chi connectivity index (χ4v) is 15.0. The van der Waals surface area contributed by atoms with Crippen molar-refractivity contribution < 1.29 is 11.0 Å². The molecule has 4 heterocycles. The molecule has 0 saturated carbocycles. The fourth-order valence-electron chi connectivity index (χ4n) is 15.0. The van der Waals surface area contributed by atoms with Crippen LogP contribution in [0.1, 0.15) is 95.5 Å². The molecule has 0 unspecified atom stereocenters. The van der Waals surface area contributed by atoms with Crippen LogP contribution < -0.4 is 26.2 Å². The SMILES string of the molecule is [2H]c1c([2H])c([2H])c2c(c1[2H])c1c([2H])c([2H])c([2H])c([2H])c1n2-c1ccc2c(c1)N(c1ccc(-c3cccc(-c4ccccc4)c3)cc1-c1ccccc1)c1cc(C(C)(C)C)cc3c1B2c1ccc(-c2cc(C(C)(C)C)cc(C(C)(C)C)c2)cc1N3c1ccc(C#N)c(-n2c3ccccc3c3ccccc32)c1. The van der Waals surface area contributed by atoms with Crippen molar-refractivity contribution in [2.45, 2.75) is 78.6 Å². The lowest BCUT2D eigenvalue weighted by atomic mass is 9.33. The molecule has 0 radical (unpaired) electrons. The summed E-state index contributed by atoms with van der Waals surface area (Å²) in [4.78, 5) is 4.79. The van der Waals surface area contributed by atoms with E-state index in [0.717, 1.165) is 128 Å². The van der Waals surface area contributed by atoms with Crippen LogP contribution in [0, 0.1) is 11.3 Å². The van der Waals surface area contributed by atoms with Gasteiger partial charge in [0.2, 0.25) is 0 Å². The van der Waals surface area contributed by atoms with Crippen LogP contribution in [0.5, 0.6) is 0 Å². The van der Waals surface area contributed by atoms with E-state index in [0.29, 0.717) is 11.3 Å². The standard InChI is InChI=1S/C91H74BN5/c1-89(2,3)66-48-65(49-67(52-66)90(4,5)6)63-40-44-76-84(51-63)95(69-42-39-64(57-93)83(55-69)96-80-37-22-18-33-73(80)74-34-19-23-38-81(74)96)86-53-68(91(7,8)9)54-87-88(86)92(76)77-45-43-70(94-78-35-20-16-31-71(78)72-32-17-21-36-79(72)94)56-85(77)97(87)82-46-41-62(50-75(82)59-27-14-11-15-28-59)61-30-24-29-60(47-61)58-25-12-10-13-26-58/h10-56H,1-9H3/i16D,17D,20D,21D,31D,32D,35D,36D. The van der Waals surface area contributed by atoms with E-state index in [1.54, 1.807) is 4.57 Å². The summed E-state index contributed by atoms with van der Waals surface area (Å²) < 4.78 is 78.6. The van der Waals surface area contributed by atoms with Gasteiger partial charge in [-0.05, 0) is 179 Å². The van der Waals surface area contributed by atoms with Gasteiger partial charge in [-0.2, -0.15) is 5.26 Å². The van der Waals surface area contributed by atoms with Crippen molar-refractivity contribution in [2.75, 3.05) is 9.80 Å². The maximum atomic E-state index is 11.3. The third-order valence-corrected chi connectivity index (χ3v) is 20.0. The molecule has 0 aliphatic carbocycles. The molecule has 17 rings (SSSR count). The van der Waals surface area contributed by atoms with Gasteiger partial charge in [-0.1, -0.05) is 256 Å². The second kappa shape index (κ2) is 22.4. The number of aromatic nitrogens is 2. The van der Waals surface area contributed by atoms with Gasteiger partial charge in [0.1, 0.15) is 6.07 Å². The van der Waals surface area contributed by atoms with Crippen molar-refractivity contribution in [1.82, 2.24) is 9.13 Å². The van der Waals surface area contributed by atoms with Crippen molar-refractivity contribution in [3.63, 3.8) is 0 Å². The van der Waals surface area contributed by atoms with Crippen molar-refractivity contribution in [1.29, 1.82) is 5.26 Å². The molecule has 0 fully saturated rings. The van der Waals surface area contributed by atoms with Crippen LogP contribution >= 0.6 is 0 Å². The van der Waals surface area contributed by atoms with Crippen molar-refractivity contribution in [3.05, 3.63) is 307 Å². The molecule has 15 aromatic rings. The molecule has 97 heavy (non-hydrogen) atoms. The molecular formula is C91H74BN5. The lowest BCUT2D eigenvalue weighted by Crippen LogP contribution is -2.61. The van der Waals surface area contributed by atoms with Crippen LogP contribution in [0.25, 0.3) is 99.5 Å². The molecule has 0 spiro atoms. The molecule has 0 saturated heterocycles. The number of fused-ring (bicyclic) bond motifs is 10. The van der Waals surface area contributed by atoms with E-state index in [1.165, 1.54) is 11.1 Å². The quantitative estimate of drug-likeness (QED) is 0.142. The van der Waals surface area contributed by atoms with E-state index in [2.05, 4.69) is 295 Å². The summed E-state index contributed by atoms with van der Waals surface area (Å²) in [6.45, 7) is 19.9. The highest BCUT2D eigenvalue weighted by atomic mass is 15.2. The molecule has 0 bridgehead atoms. The van der Waals surface area contributed by atoms with Crippen LogP contribution in [-0.2, 0) is 16.2 Å². The Balaban J connectivity index is 1.01. The smallest absolute Gasteiger partial charge is 0.252 e. The summed E-state index contributed by atoms with van der Waals surface area (Å²) in [5, 5.41) is 13.5. The van der Waals surface area contributed by atoms with Crippen LogP contribution in [0.2, 0.25) is 0 Å². The van der Waals surface area contributed by atoms with E-state index in [9.17, 15) is 13.5 Å². The van der Waals surface area contributed by atoms with Gasteiger partial charge in [0, 0.05) is 61.2 Å². The molecule has 466 valence electrons. The molecule has 5 nitrogen and oxygen atoms in total. The van der Waals surface area contributed by atoms with Crippen LogP contribution in [0.15, 0.2) is 285 Å². The molecule has 2 aliphatic rings. The normalized spacial score (nSPS) is 14.1. The molecule has 0 atom stereocenters. The average molecular weight is 1260 g/mol. The molecule has 13 aromatic carbocycles. The van der Waals surface area contributed by atoms with E-state index >= 15 is 0 Å². The first kappa shape index (κ1) is 51.0. The lowest BCUT2D eigenvalue weighted by molar-refractivity contribution is 0.569. The minimum absolute atomic E-state index is 0.00420. The number of hydrogen-bond donors (Lipinski definition) is 0. The van der Waals surface area contributed by atoms with Crippen molar-refractivity contribution in [2.24, 2.45) is 0 Å². The number of hydrogen-bond acceptors (Lipinski definition) is 3. The van der Waals surface area contributed by atoms with Gasteiger partial charge in [-0.3, -0.25) is 0 Å². The summed E-state index contributed by atoms with van der Waals surface area (Å²) >= 11 is 0. The predicted molar refractivity (Wildman–Crippen MR) is 412 cm³/mol. The van der Waals surface area contributed by atoms with Gasteiger partial charge >= 0.3 is 0 Å². The minimum atomic E-state index is -0.505. The molecule has 2 aromatic heterocycles. The Bertz CT molecular complexity index is 6080. The first-order chi connectivity index (χ1) is 50.3. The second-order valence-electron chi connectivity index (χ2n) is 29.1. The van der Waals surface area contributed by atoms with Crippen molar-refractivity contribution in [3.8, 4) is 62.0 Å². The number of anilines is 6. The van der Waals surface area contributed by atoms with Crippen LogP contribution in [0.4, 0.5) is 34.1 Å². The third-order valence-electron chi connectivity index (χ3n) is 20.0. The molecule has 0 amide bonds. The van der Waals surface area contributed by atoms with E-state index in [-0.39, 0.29) is 44.7 Å². The zero-order valence-electron chi connectivity index (χ0n) is 63.8. The first-order valence-corrected chi connectivity index (χ1v) is 33.4. The Morgan fingerprint density at radius 3 is 1.43 bits per heavy atom. The predicted octanol–water partition coefficient (Wildman–Crippen LogP) is 22.4. The van der Waals surface area contributed by atoms with E-state index < -0.39 is 48.4 Å². The van der Waals surface area contributed by atoms with Gasteiger partial charge in [-0.15, -0.1) is 0 Å². The van der Waals surface area contributed by atoms with Crippen LogP contribution in [-0.4, -0.2) is 15.8 Å². The first-order valence-electron chi connectivity index (χ1n) is 37.4. The Labute approximate surface area is 580 Å². The summed E-state index contributed by atoms with van der Waals surface area (Å²) in [6, 6.07) is 83.1. The average Bonchev–Trinajstić information content (AvgIpc) is 1.67. The maximum Gasteiger partial charge on any atom is 0.252 e. The van der Waals surface area contributed by atoms with E-state index in [4.69, 9.17) is 2.74 Å². The number of benzene rings is 13. The van der Waals surface area contributed by atoms with Gasteiger partial charge in [0.15, 0.2) is 0 Å². The zero-order chi connectivity index (χ0) is 73.2. The zero-order valence-corrected chi connectivity index (χ0v) is 55.8. The highest BCUT2D eigenvalue weighted by Gasteiger charge is 2.45. The highest BCUT2D eigenvalue weighted by molar-refractivity contribution is 7.00. The summed E-state index contributed by atoms with van der Waals surface area (Å²) in [6.07, 6.45) is 0. The molecule has 2 aliphatic heterocycles. The van der Waals surface area contributed by atoms with Gasteiger partial charge in [0.05, 0.1) is 50.0 Å². The maximum absolute atomic E-state index is 11.3. The lowest BCUT2D eigenvalue weighted by Gasteiger charge is -2.45. The number of nitrogens with zero attached hydrogens (tertiary/aromatic N) is 5. The molecule has 6 heteroatoms. The monoisotopic (exact) mass is 1260 g/mol. The molecule has 0 N–H and O–H groups in total. The Kier molecular flexibility index (Phi) is 11.8. The highest BCUT2D eigenvalue weighted by Crippen LogP contribution is 2.51. The largest absolute Gasteiger partial charge is 0.311 e. The summed E-state index contributed by atoms with van der Waals surface area (Å²) in [5.41, 5.74) is 22.7. The number of para-hydroxylation sites is 4. The van der Waals surface area contributed by atoms with Gasteiger partial charge in [-0.25, -0.2) is 0 Å². The summed E-state index contributed by atoms with van der Waals surface area (Å²) in [5.74, 6) is 0. The minimum Gasteiger partial charge on any atom is -0.311 e.